The maximum atomic E-state index is 9.91. The fourth-order valence-corrected chi connectivity index (χ4v) is 0.216. The lowest BCUT2D eigenvalue weighted by atomic mass is 10.4. The second kappa shape index (κ2) is 3.40. The average Bonchev–Trinajstić information content (AvgIpc) is 1.67. The third-order valence-corrected chi connectivity index (χ3v) is 0.694. The molecule has 0 aromatic rings. The number of carbonyl (C=O) groups is 1. The number of rotatable bonds is 3. The molecule has 0 fully saturated rings. The Balaban J connectivity index is 3.32. The molecule has 0 radical (unpaired) electrons. The van der Waals surface area contributed by atoms with Crippen LogP contribution in [0.3, 0.4) is 0 Å². The van der Waals surface area contributed by atoms with E-state index in [2.05, 4.69) is 4.74 Å². The number of hydrogen-bond donors (Lipinski definition) is 2. The van der Waals surface area contributed by atoms with Gasteiger partial charge in [-0.3, -0.25) is 0 Å². The van der Waals surface area contributed by atoms with Crippen LogP contribution in [0.5, 0.6) is 0 Å². The third-order valence-electron chi connectivity index (χ3n) is 0.694. The van der Waals surface area contributed by atoms with Crippen molar-refractivity contribution in [1.82, 2.24) is 0 Å². The Morgan fingerprint density at radius 2 is 2.50 bits per heavy atom. The van der Waals surface area contributed by atoms with Crippen molar-refractivity contribution in [3.8, 4) is 0 Å². The molecule has 4 heteroatoms. The van der Waals surface area contributed by atoms with Crippen molar-refractivity contribution in [2.45, 2.75) is 13.0 Å². The largest absolute Gasteiger partial charge is 0.479 e. The zero-order chi connectivity index (χ0) is 6.57. The molecule has 3 N–H and O–H groups in total. The van der Waals surface area contributed by atoms with Crippen LogP contribution in [0.4, 0.5) is 0 Å². The van der Waals surface area contributed by atoms with Crippen LogP contribution in [-0.2, 0) is 9.53 Å². The maximum Gasteiger partial charge on any atom is 0.332 e. The van der Waals surface area contributed by atoms with Crippen LogP contribution >= 0.6 is 0 Å². The summed E-state index contributed by atoms with van der Waals surface area (Å²) < 4.78 is 4.48. The van der Waals surface area contributed by atoms with Crippen LogP contribution in [0.15, 0.2) is 0 Å². The molecule has 0 aliphatic carbocycles. The van der Waals surface area contributed by atoms with Gasteiger partial charge in [-0.25, -0.2) is 4.79 Å². The van der Waals surface area contributed by atoms with Gasteiger partial charge in [0.15, 0.2) is 6.10 Å². The second-order valence-electron chi connectivity index (χ2n) is 1.31. The lowest BCUT2D eigenvalue weighted by molar-refractivity contribution is -0.148. The fraction of sp³-hybridized carbons (Fsp3) is 0.750. The predicted molar refractivity (Wildman–Crippen MR) is 27.2 cm³/mol. The Bertz CT molecular complexity index is 83.4. The molecule has 0 saturated carbocycles. The average molecular weight is 119 g/mol. The molecule has 0 amide bonds. The summed E-state index contributed by atoms with van der Waals surface area (Å²) in [7, 11) is 0. The highest BCUT2D eigenvalue weighted by Gasteiger charge is 2.08. The zero-order valence-electron chi connectivity index (χ0n) is 4.63. The molecule has 1 atom stereocenters. The van der Waals surface area contributed by atoms with Crippen molar-refractivity contribution in [3.05, 3.63) is 0 Å². The molecule has 0 rings (SSSR count). The van der Waals surface area contributed by atoms with Gasteiger partial charge in [0, 0.05) is 0 Å². The van der Waals surface area contributed by atoms with E-state index in [1.807, 2.05) is 0 Å². The summed E-state index contributed by atoms with van der Waals surface area (Å²) in [6, 6.07) is 0. The summed E-state index contributed by atoms with van der Waals surface area (Å²) in [5.41, 5.74) is 4.88. The van der Waals surface area contributed by atoms with E-state index in [4.69, 9.17) is 10.8 Å². The highest BCUT2D eigenvalue weighted by Crippen LogP contribution is 1.85. The normalized spacial score (nSPS) is 13.2. The highest BCUT2D eigenvalue weighted by molar-refractivity contribution is 5.71. The third kappa shape index (κ3) is 2.54. The standard InChI is InChI=1S/C4H9NO3/c1-3(4(6)7)8-2-5/h3H,2,5H2,1H3,(H,6,7)/t3-/m1/s1. The molecule has 0 saturated heterocycles. The molecule has 8 heavy (non-hydrogen) atoms. The first-order valence-electron chi connectivity index (χ1n) is 2.23. The molecule has 0 heterocycles. The molecule has 0 aromatic carbocycles. The van der Waals surface area contributed by atoms with Crippen molar-refractivity contribution < 1.29 is 14.6 Å². The summed E-state index contributed by atoms with van der Waals surface area (Å²) in [6.07, 6.45) is -0.792. The predicted octanol–water partition coefficient (Wildman–Crippen LogP) is -0.608. The molecule has 0 aliphatic heterocycles. The molecule has 48 valence electrons. The number of carboxylic acid groups (broad SMARTS) is 1. The van der Waals surface area contributed by atoms with Crippen molar-refractivity contribution in [1.29, 1.82) is 0 Å². The summed E-state index contributed by atoms with van der Waals surface area (Å²) in [5, 5.41) is 8.13. The highest BCUT2D eigenvalue weighted by atomic mass is 16.5. The van der Waals surface area contributed by atoms with Gasteiger partial charge in [-0.2, -0.15) is 0 Å². The molecular weight excluding hydrogens is 110 g/mol. The lowest BCUT2D eigenvalue weighted by Crippen LogP contribution is -2.22. The van der Waals surface area contributed by atoms with E-state index in [-0.39, 0.29) is 6.73 Å². The van der Waals surface area contributed by atoms with Gasteiger partial charge in [-0.15, -0.1) is 0 Å². The van der Waals surface area contributed by atoms with Crippen molar-refractivity contribution in [2.75, 3.05) is 6.73 Å². The summed E-state index contributed by atoms with van der Waals surface area (Å²) >= 11 is 0. The van der Waals surface area contributed by atoms with Gasteiger partial charge in [0.2, 0.25) is 0 Å². The Labute approximate surface area is 47.2 Å². The van der Waals surface area contributed by atoms with Gasteiger partial charge in [-0.05, 0) is 6.92 Å². The molecule has 0 aliphatic rings. The monoisotopic (exact) mass is 119 g/mol. The van der Waals surface area contributed by atoms with Gasteiger partial charge >= 0.3 is 5.97 Å². The molecule has 0 aromatic heterocycles. The van der Waals surface area contributed by atoms with Crippen LogP contribution in [-0.4, -0.2) is 23.9 Å². The Kier molecular flexibility index (Phi) is 3.14. The Hall–Kier alpha value is -0.610. The number of nitrogens with two attached hydrogens (primary N) is 1. The summed E-state index contributed by atoms with van der Waals surface area (Å²) in [6.45, 7) is 1.38. The number of carboxylic acids is 1. The summed E-state index contributed by atoms with van der Waals surface area (Å²) in [4.78, 5) is 9.91. The maximum absolute atomic E-state index is 9.91. The lowest BCUT2D eigenvalue weighted by Gasteiger charge is -2.02. The van der Waals surface area contributed by atoms with E-state index >= 15 is 0 Å². The van der Waals surface area contributed by atoms with Crippen LogP contribution in [0.1, 0.15) is 6.92 Å². The van der Waals surface area contributed by atoms with Gasteiger partial charge < -0.3 is 15.6 Å². The van der Waals surface area contributed by atoms with Crippen LogP contribution < -0.4 is 5.73 Å². The smallest absolute Gasteiger partial charge is 0.332 e. The SMILES string of the molecule is C[C@@H](OCN)C(=O)O. The van der Waals surface area contributed by atoms with E-state index in [1.54, 1.807) is 0 Å². The second-order valence-corrected chi connectivity index (χ2v) is 1.31. The molecule has 0 unspecified atom stereocenters. The fourth-order valence-electron chi connectivity index (χ4n) is 0.216. The number of hydrogen-bond acceptors (Lipinski definition) is 3. The van der Waals surface area contributed by atoms with Gasteiger partial charge in [0.05, 0.1) is 6.73 Å². The first kappa shape index (κ1) is 7.39. The van der Waals surface area contributed by atoms with E-state index in [0.717, 1.165) is 0 Å². The van der Waals surface area contributed by atoms with E-state index in [1.165, 1.54) is 6.92 Å². The van der Waals surface area contributed by atoms with E-state index < -0.39 is 12.1 Å². The molecular formula is C4H9NO3. The van der Waals surface area contributed by atoms with Crippen molar-refractivity contribution >= 4 is 5.97 Å². The van der Waals surface area contributed by atoms with Crippen LogP contribution in [0.2, 0.25) is 0 Å². The first-order valence-corrected chi connectivity index (χ1v) is 2.23. The first-order chi connectivity index (χ1) is 3.68. The minimum Gasteiger partial charge on any atom is -0.479 e. The number of ether oxygens (including phenoxy) is 1. The van der Waals surface area contributed by atoms with Crippen molar-refractivity contribution in [3.63, 3.8) is 0 Å². The van der Waals surface area contributed by atoms with Gasteiger partial charge in [0.25, 0.3) is 0 Å². The topological polar surface area (TPSA) is 72.5 Å². The number of aliphatic carboxylic acids is 1. The molecule has 4 nitrogen and oxygen atoms in total. The van der Waals surface area contributed by atoms with Gasteiger partial charge in [-0.1, -0.05) is 0 Å². The van der Waals surface area contributed by atoms with Crippen LogP contribution in [0, 0.1) is 0 Å². The minimum atomic E-state index is -0.990. The zero-order valence-corrected chi connectivity index (χ0v) is 4.63. The van der Waals surface area contributed by atoms with Crippen LogP contribution in [0.25, 0.3) is 0 Å². The Morgan fingerprint density at radius 3 is 2.62 bits per heavy atom. The van der Waals surface area contributed by atoms with E-state index in [0.29, 0.717) is 0 Å². The summed E-state index contributed by atoms with van der Waals surface area (Å²) in [5.74, 6) is -0.990. The van der Waals surface area contributed by atoms with Gasteiger partial charge in [0.1, 0.15) is 0 Å². The minimum absolute atomic E-state index is 0.0481. The van der Waals surface area contributed by atoms with E-state index in [9.17, 15) is 4.79 Å². The molecule has 0 bridgehead atoms. The van der Waals surface area contributed by atoms with Crippen molar-refractivity contribution in [2.24, 2.45) is 5.73 Å². The molecule has 0 spiro atoms. The Morgan fingerprint density at radius 1 is 2.00 bits per heavy atom. The quantitative estimate of drug-likeness (QED) is 0.486.